The van der Waals surface area contributed by atoms with Crippen LogP contribution in [0.2, 0.25) is 0 Å². The summed E-state index contributed by atoms with van der Waals surface area (Å²) in [6, 6.07) is 11.1. The Bertz CT molecular complexity index is 683. The predicted molar refractivity (Wildman–Crippen MR) is 81.5 cm³/mol. The van der Waals surface area contributed by atoms with Gasteiger partial charge in [0, 0.05) is 6.54 Å². The van der Waals surface area contributed by atoms with Crippen molar-refractivity contribution < 1.29 is 14.6 Å². The highest BCUT2D eigenvalue weighted by atomic mass is 16.5. The van der Waals surface area contributed by atoms with Crippen LogP contribution in [0.15, 0.2) is 36.4 Å². The first-order chi connectivity index (χ1) is 10.1. The third-order valence-electron chi connectivity index (χ3n) is 3.96. The first kappa shape index (κ1) is 13.9. The average Bonchev–Trinajstić information content (AvgIpc) is 2.48. The van der Waals surface area contributed by atoms with E-state index in [4.69, 9.17) is 4.74 Å². The van der Waals surface area contributed by atoms with Crippen molar-refractivity contribution in [3.05, 3.63) is 42.0 Å². The molecule has 0 saturated carbocycles. The molecule has 1 amide bonds. The Morgan fingerprint density at radius 1 is 1.24 bits per heavy atom. The zero-order chi connectivity index (χ0) is 15.0. The highest BCUT2D eigenvalue weighted by Crippen LogP contribution is 2.27. The molecule has 1 aliphatic rings. The second-order valence-corrected chi connectivity index (χ2v) is 5.67. The predicted octanol–water partition coefficient (Wildman–Crippen LogP) is 2.79. The van der Waals surface area contributed by atoms with Crippen LogP contribution < -0.4 is 0 Å². The Hall–Kier alpha value is -2.07. The number of aromatic hydroxyl groups is 1. The van der Waals surface area contributed by atoms with Gasteiger partial charge >= 0.3 is 0 Å². The highest BCUT2D eigenvalue weighted by molar-refractivity contribution is 6.01. The number of carbonyl (C=O) groups excluding carboxylic acids is 1. The van der Waals surface area contributed by atoms with Crippen molar-refractivity contribution >= 4 is 16.7 Å². The number of morpholine rings is 1. The van der Waals surface area contributed by atoms with E-state index >= 15 is 0 Å². The van der Waals surface area contributed by atoms with E-state index in [1.165, 1.54) is 0 Å². The van der Waals surface area contributed by atoms with Gasteiger partial charge < -0.3 is 14.7 Å². The molecule has 4 nitrogen and oxygen atoms in total. The smallest absolute Gasteiger partial charge is 0.258 e. The number of carbonyl (C=O) groups is 1. The van der Waals surface area contributed by atoms with Gasteiger partial charge in [-0.3, -0.25) is 4.79 Å². The van der Waals surface area contributed by atoms with Gasteiger partial charge in [-0.15, -0.1) is 0 Å². The number of phenols is 1. The minimum absolute atomic E-state index is 0.0135. The fourth-order valence-electron chi connectivity index (χ4n) is 2.74. The van der Waals surface area contributed by atoms with Gasteiger partial charge in [-0.25, -0.2) is 0 Å². The van der Waals surface area contributed by atoms with Crippen LogP contribution in [0.4, 0.5) is 0 Å². The van der Waals surface area contributed by atoms with E-state index < -0.39 is 0 Å². The van der Waals surface area contributed by atoms with E-state index in [-0.39, 0.29) is 23.8 Å². The van der Waals surface area contributed by atoms with Gasteiger partial charge in [0.15, 0.2) is 0 Å². The molecule has 21 heavy (non-hydrogen) atoms. The molecule has 2 unspecified atom stereocenters. The summed E-state index contributed by atoms with van der Waals surface area (Å²) < 4.78 is 5.55. The number of hydrogen-bond donors (Lipinski definition) is 1. The molecule has 3 rings (SSSR count). The maximum Gasteiger partial charge on any atom is 0.258 e. The molecule has 2 aromatic carbocycles. The van der Waals surface area contributed by atoms with Crippen LogP contribution in [0.1, 0.15) is 24.2 Å². The number of nitrogens with zero attached hydrogens (tertiary/aromatic N) is 1. The van der Waals surface area contributed by atoms with Gasteiger partial charge in [0.2, 0.25) is 0 Å². The lowest BCUT2D eigenvalue weighted by molar-refractivity contribution is -0.0387. The minimum atomic E-state index is -0.138. The van der Waals surface area contributed by atoms with E-state index in [0.717, 1.165) is 10.8 Å². The summed E-state index contributed by atoms with van der Waals surface area (Å²) in [6.45, 7) is 4.99. The topological polar surface area (TPSA) is 49.8 Å². The highest BCUT2D eigenvalue weighted by Gasteiger charge is 2.29. The van der Waals surface area contributed by atoms with Crippen molar-refractivity contribution in [2.45, 2.75) is 26.0 Å². The average molecular weight is 285 g/mol. The van der Waals surface area contributed by atoms with Crippen LogP contribution in [0.25, 0.3) is 10.8 Å². The Balaban J connectivity index is 1.99. The van der Waals surface area contributed by atoms with E-state index in [9.17, 15) is 9.90 Å². The zero-order valence-corrected chi connectivity index (χ0v) is 12.2. The molecule has 1 heterocycles. The number of amides is 1. The minimum Gasteiger partial charge on any atom is -0.507 e. The normalized spacial score (nSPS) is 22.5. The van der Waals surface area contributed by atoms with Gasteiger partial charge in [0.25, 0.3) is 5.91 Å². The monoisotopic (exact) mass is 285 g/mol. The Labute approximate surface area is 123 Å². The summed E-state index contributed by atoms with van der Waals surface area (Å²) in [5, 5.41) is 12.1. The summed E-state index contributed by atoms with van der Waals surface area (Å²) in [5.74, 6) is -0.106. The third kappa shape index (κ3) is 2.59. The first-order valence-corrected chi connectivity index (χ1v) is 7.20. The van der Waals surface area contributed by atoms with Crippen LogP contribution in [0, 0.1) is 0 Å². The maximum atomic E-state index is 12.7. The number of benzene rings is 2. The lowest BCUT2D eigenvalue weighted by Crippen LogP contribution is -2.50. The van der Waals surface area contributed by atoms with E-state index in [1.54, 1.807) is 17.0 Å². The molecule has 0 aliphatic carbocycles. The van der Waals surface area contributed by atoms with Crippen LogP contribution in [0.5, 0.6) is 5.75 Å². The van der Waals surface area contributed by atoms with Gasteiger partial charge in [0.1, 0.15) is 5.75 Å². The molecule has 1 aliphatic heterocycles. The molecule has 0 aromatic heterocycles. The van der Waals surface area contributed by atoms with Crippen LogP contribution >= 0.6 is 0 Å². The quantitative estimate of drug-likeness (QED) is 0.876. The van der Waals surface area contributed by atoms with Crippen molar-refractivity contribution in [3.8, 4) is 5.75 Å². The second kappa shape index (κ2) is 5.37. The van der Waals surface area contributed by atoms with Crippen LogP contribution in [-0.4, -0.2) is 41.2 Å². The second-order valence-electron chi connectivity index (χ2n) is 5.67. The van der Waals surface area contributed by atoms with Crippen molar-refractivity contribution in [2.75, 3.05) is 13.2 Å². The number of ether oxygens (including phenoxy) is 1. The molecular weight excluding hydrogens is 266 g/mol. The van der Waals surface area contributed by atoms with E-state index in [1.807, 2.05) is 38.1 Å². The summed E-state index contributed by atoms with van der Waals surface area (Å²) in [7, 11) is 0. The molecule has 2 aromatic rings. The van der Waals surface area contributed by atoms with Gasteiger partial charge in [-0.1, -0.05) is 24.3 Å². The molecule has 1 N–H and O–H groups in total. The van der Waals surface area contributed by atoms with Gasteiger partial charge in [-0.2, -0.15) is 0 Å². The van der Waals surface area contributed by atoms with Crippen LogP contribution in [-0.2, 0) is 4.74 Å². The molecule has 4 heteroatoms. The van der Waals surface area contributed by atoms with Crippen molar-refractivity contribution in [1.29, 1.82) is 0 Å². The third-order valence-corrected chi connectivity index (χ3v) is 3.96. The Kier molecular flexibility index (Phi) is 3.55. The summed E-state index contributed by atoms with van der Waals surface area (Å²) in [5.41, 5.74) is 0.356. The fourth-order valence-corrected chi connectivity index (χ4v) is 2.74. The van der Waals surface area contributed by atoms with Gasteiger partial charge in [-0.05, 0) is 36.8 Å². The summed E-state index contributed by atoms with van der Waals surface area (Å²) in [6.07, 6.45) is 0.0211. The maximum absolute atomic E-state index is 12.7. The lowest BCUT2D eigenvalue weighted by atomic mass is 10.0. The number of rotatable bonds is 1. The number of hydrogen-bond acceptors (Lipinski definition) is 3. The molecule has 1 fully saturated rings. The first-order valence-electron chi connectivity index (χ1n) is 7.20. The largest absolute Gasteiger partial charge is 0.507 e. The summed E-state index contributed by atoms with van der Waals surface area (Å²) >= 11 is 0. The molecule has 110 valence electrons. The fraction of sp³-hybridized carbons (Fsp3) is 0.353. The van der Waals surface area contributed by atoms with Crippen molar-refractivity contribution in [3.63, 3.8) is 0 Å². The Morgan fingerprint density at radius 3 is 2.62 bits per heavy atom. The lowest BCUT2D eigenvalue weighted by Gasteiger charge is -2.37. The zero-order valence-electron chi connectivity index (χ0n) is 12.2. The van der Waals surface area contributed by atoms with E-state index in [0.29, 0.717) is 18.7 Å². The molecule has 2 atom stereocenters. The van der Waals surface area contributed by atoms with Crippen LogP contribution in [0.3, 0.4) is 0 Å². The number of fused-ring (bicyclic) bond motifs is 1. The summed E-state index contributed by atoms with van der Waals surface area (Å²) in [4.78, 5) is 14.5. The molecule has 1 saturated heterocycles. The van der Waals surface area contributed by atoms with E-state index in [2.05, 4.69) is 0 Å². The molecule has 0 bridgehead atoms. The Morgan fingerprint density at radius 2 is 1.90 bits per heavy atom. The van der Waals surface area contributed by atoms with Crippen molar-refractivity contribution in [1.82, 2.24) is 4.90 Å². The molecule has 0 radical (unpaired) electrons. The van der Waals surface area contributed by atoms with Crippen molar-refractivity contribution in [2.24, 2.45) is 0 Å². The molecular formula is C17H19NO3. The molecule has 0 spiro atoms. The SMILES string of the molecule is CC1CN(C(=O)c2cc3ccccc3cc2O)C(C)CO1. The number of phenolic OH excluding ortho intramolecular Hbond substituents is 1. The standard InChI is InChI=1S/C17H19NO3/c1-11-10-21-12(2)9-18(11)17(20)15-7-13-5-3-4-6-14(13)8-16(15)19/h3-8,11-12,19H,9-10H2,1-2H3. The van der Waals surface area contributed by atoms with Gasteiger partial charge in [0.05, 0.1) is 24.3 Å².